The second kappa shape index (κ2) is 7.74. The number of benzene rings is 1. The molecule has 0 spiro atoms. The molecule has 0 aliphatic heterocycles. The Hall–Kier alpha value is -2.27. The number of anilines is 1. The van der Waals surface area contributed by atoms with Crippen LogP contribution in [0.4, 0.5) is 5.13 Å². The molecule has 132 valence electrons. The van der Waals surface area contributed by atoms with Gasteiger partial charge in [0.05, 0.1) is 5.69 Å². The lowest BCUT2D eigenvalue weighted by Gasteiger charge is -2.18. The first-order valence-corrected chi connectivity index (χ1v) is 9.17. The van der Waals surface area contributed by atoms with E-state index in [1.807, 2.05) is 36.6 Å². The van der Waals surface area contributed by atoms with Crippen LogP contribution in [0.2, 0.25) is 0 Å². The quantitative estimate of drug-likeness (QED) is 0.576. The van der Waals surface area contributed by atoms with E-state index in [9.17, 15) is 9.59 Å². The lowest BCUT2D eigenvalue weighted by atomic mass is 9.86. The molecule has 0 bridgehead atoms. The average Bonchev–Trinajstić information content (AvgIpc) is 3.01. The van der Waals surface area contributed by atoms with Crippen LogP contribution in [-0.2, 0) is 10.2 Å². The number of ketones is 1. The van der Waals surface area contributed by atoms with Crippen molar-refractivity contribution in [1.82, 2.24) is 4.98 Å². The fourth-order valence-electron chi connectivity index (χ4n) is 2.36. The van der Waals surface area contributed by atoms with Gasteiger partial charge in [-0.15, -0.1) is 11.3 Å². The fourth-order valence-corrected chi connectivity index (χ4v) is 3.26. The van der Waals surface area contributed by atoms with Crippen molar-refractivity contribution in [2.45, 2.75) is 40.0 Å². The zero-order valence-electron chi connectivity index (χ0n) is 15.4. The van der Waals surface area contributed by atoms with E-state index >= 15 is 0 Å². The van der Waals surface area contributed by atoms with E-state index in [0.717, 1.165) is 0 Å². The van der Waals surface area contributed by atoms with Gasteiger partial charge in [-0.1, -0.05) is 45.0 Å². The van der Waals surface area contributed by atoms with Gasteiger partial charge in [0.15, 0.2) is 10.9 Å². The molecule has 0 N–H and O–H groups in total. The Balaban J connectivity index is 2.10. The van der Waals surface area contributed by atoms with Crippen LogP contribution < -0.4 is 4.90 Å². The maximum Gasteiger partial charge on any atom is 0.225 e. The van der Waals surface area contributed by atoms with Crippen molar-refractivity contribution in [2.75, 3.05) is 11.4 Å². The molecule has 4 nitrogen and oxygen atoms in total. The first kappa shape index (κ1) is 19.1. The Labute approximate surface area is 153 Å². The second-order valence-corrected chi connectivity index (χ2v) is 7.68. The zero-order valence-corrected chi connectivity index (χ0v) is 16.2. The zero-order chi connectivity index (χ0) is 18.6. The molecule has 2 rings (SSSR count). The summed E-state index contributed by atoms with van der Waals surface area (Å²) in [6, 6.07) is 7.70. The van der Waals surface area contributed by atoms with Gasteiger partial charge in [0.2, 0.25) is 5.91 Å². The minimum absolute atomic E-state index is 0.0394. The number of carbonyl (C=O) groups is 2. The summed E-state index contributed by atoms with van der Waals surface area (Å²) in [4.78, 5) is 29.9. The molecule has 0 aliphatic rings. The van der Waals surface area contributed by atoms with Crippen LogP contribution in [0.25, 0.3) is 6.08 Å². The monoisotopic (exact) mass is 356 g/mol. The molecule has 0 saturated carbocycles. The molecular formula is C20H24N2O2S. The van der Waals surface area contributed by atoms with E-state index in [1.54, 1.807) is 11.0 Å². The molecule has 1 amide bonds. The van der Waals surface area contributed by atoms with Crippen LogP contribution in [0, 0.1) is 0 Å². The molecular weight excluding hydrogens is 332 g/mol. The van der Waals surface area contributed by atoms with Crippen LogP contribution in [0.3, 0.4) is 0 Å². The highest BCUT2D eigenvalue weighted by Crippen LogP contribution is 2.23. The highest BCUT2D eigenvalue weighted by atomic mass is 32.1. The minimum atomic E-state index is -0.0612. The summed E-state index contributed by atoms with van der Waals surface area (Å²) in [5.41, 5.74) is 2.59. The van der Waals surface area contributed by atoms with E-state index in [4.69, 9.17) is 0 Å². The van der Waals surface area contributed by atoms with Gasteiger partial charge >= 0.3 is 0 Å². The molecule has 5 heteroatoms. The van der Waals surface area contributed by atoms with Gasteiger partial charge in [-0.2, -0.15) is 0 Å². The van der Waals surface area contributed by atoms with Crippen molar-refractivity contribution in [3.8, 4) is 0 Å². The Kier molecular flexibility index (Phi) is 5.90. The molecule has 0 saturated heterocycles. The number of allylic oxidation sites excluding steroid dienone is 1. The molecule has 0 atom stereocenters. The smallest absolute Gasteiger partial charge is 0.225 e. The van der Waals surface area contributed by atoms with E-state index < -0.39 is 0 Å². The molecule has 2 aromatic rings. The summed E-state index contributed by atoms with van der Waals surface area (Å²) in [6.45, 7) is 10.4. The lowest BCUT2D eigenvalue weighted by molar-refractivity contribution is -0.116. The van der Waals surface area contributed by atoms with Gasteiger partial charge < -0.3 is 0 Å². The fraction of sp³-hybridized carbons (Fsp3) is 0.350. The van der Waals surface area contributed by atoms with Crippen molar-refractivity contribution in [3.63, 3.8) is 0 Å². The third-order valence-electron chi connectivity index (χ3n) is 3.88. The van der Waals surface area contributed by atoms with Crippen LogP contribution in [0.15, 0.2) is 35.7 Å². The highest BCUT2D eigenvalue weighted by molar-refractivity contribution is 7.14. The summed E-state index contributed by atoms with van der Waals surface area (Å²) >= 11 is 1.39. The van der Waals surface area contributed by atoms with Gasteiger partial charge in [-0.05, 0) is 30.1 Å². The van der Waals surface area contributed by atoms with Gasteiger partial charge in [0.25, 0.3) is 0 Å². The number of nitrogens with zero attached hydrogens (tertiary/aromatic N) is 2. The SMILES string of the molecule is CCN(C(C)=O)c1nc(/C=C/C(=O)c2ccc(C(C)(C)C)cc2)cs1. The van der Waals surface area contributed by atoms with Gasteiger partial charge in [-0.3, -0.25) is 14.5 Å². The summed E-state index contributed by atoms with van der Waals surface area (Å²) < 4.78 is 0. The largest absolute Gasteiger partial charge is 0.289 e. The van der Waals surface area contributed by atoms with Crippen molar-refractivity contribution in [2.24, 2.45) is 0 Å². The maximum atomic E-state index is 12.3. The Bertz CT molecular complexity index is 783. The number of aromatic nitrogens is 1. The van der Waals surface area contributed by atoms with E-state index in [1.165, 1.54) is 29.9 Å². The number of amides is 1. The topological polar surface area (TPSA) is 50.3 Å². The summed E-state index contributed by atoms with van der Waals surface area (Å²) in [6.07, 6.45) is 3.21. The van der Waals surface area contributed by atoms with E-state index in [0.29, 0.717) is 22.9 Å². The van der Waals surface area contributed by atoms with E-state index in [2.05, 4.69) is 25.8 Å². The molecule has 1 heterocycles. The number of hydrogen-bond acceptors (Lipinski definition) is 4. The van der Waals surface area contributed by atoms with Crippen LogP contribution in [-0.4, -0.2) is 23.2 Å². The lowest BCUT2D eigenvalue weighted by Crippen LogP contribution is -2.27. The van der Waals surface area contributed by atoms with Crippen LogP contribution in [0.1, 0.15) is 56.2 Å². The Morgan fingerprint density at radius 2 is 1.84 bits per heavy atom. The molecule has 0 fully saturated rings. The Morgan fingerprint density at radius 3 is 2.36 bits per heavy atom. The molecule has 0 aliphatic carbocycles. The van der Waals surface area contributed by atoms with Crippen molar-refractivity contribution < 1.29 is 9.59 Å². The van der Waals surface area contributed by atoms with Crippen LogP contribution in [0.5, 0.6) is 0 Å². The Morgan fingerprint density at radius 1 is 1.20 bits per heavy atom. The third-order valence-corrected chi connectivity index (χ3v) is 4.76. The normalized spacial score (nSPS) is 11.7. The van der Waals surface area contributed by atoms with Crippen molar-refractivity contribution in [1.29, 1.82) is 0 Å². The first-order chi connectivity index (χ1) is 11.7. The highest BCUT2D eigenvalue weighted by Gasteiger charge is 2.14. The second-order valence-electron chi connectivity index (χ2n) is 6.84. The van der Waals surface area contributed by atoms with Gasteiger partial charge in [0.1, 0.15) is 0 Å². The molecule has 1 aromatic carbocycles. The van der Waals surface area contributed by atoms with E-state index in [-0.39, 0.29) is 17.1 Å². The number of rotatable bonds is 5. The molecule has 1 aromatic heterocycles. The predicted octanol–water partition coefficient (Wildman–Crippen LogP) is 4.71. The molecule has 0 unspecified atom stereocenters. The minimum Gasteiger partial charge on any atom is -0.289 e. The first-order valence-electron chi connectivity index (χ1n) is 8.29. The average molecular weight is 356 g/mol. The number of hydrogen-bond donors (Lipinski definition) is 0. The summed E-state index contributed by atoms with van der Waals surface area (Å²) in [7, 11) is 0. The summed E-state index contributed by atoms with van der Waals surface area (Å²) in [5.74, 6) is -0.101. The number of carbonyl (C=O) groups excluding carboxylic acids is 2. The molecule has 25 heavy (non-hydrogen) atoms. The van der Waals surface area contributed by atoms with Gasteiger partial charge in [-0.25, -0.2) is 4.98 Å². The standard InChI is InChI=1S/C20H24N2O2S/c1-6-22(14(2)23)19-21-17(13-25-19)11-12-18(24)15-7-9-16(10-8-15)20(3,4)5/h7-13H,6H2,1-5H3/b12-11+. The molecule has 0 radical (unpaired) electrons. The van der Waals surface area contributed by atoms with Gasteiger partial charge in [0, 0.05) is 24.4 Å². The maximum absolute atomic E-state index is 12.3. The van der Waals surface area contributed by atoms with Crippen molar-refractivity contribution in [3.05, 3.63) is 52.5 Å². The number of thiazole rings is 1. The van der Waals surface area contributed by atoms with Crippen molar-refractivity contribution >= 4 is 34.2 Å². The summed E-state index contributed by atoms with van der Waals surface area (Å²) in [5, 5.41) is 2.49. The third kappa shape index (κ3) is 4.86. The van der Waals surface area contributed by atoms with Crippen LogP contribution >= 0.6 is 11.3 Å². The predicted molar refractivity (Wildman–Crippen MR) is 104 cm³/mol.